The second-order valence-electron chi connectivity index (χ2n) is 8.11. The van der Waals surface area contributed by atoms with Crippen molar-refractivity contribution in [3.63, 3.8) is 0 Å². The van der Waals surface area contributed by atoms with Crippen LogP contribution in [0.2, 0.25) is 10.0 Å². The van der Waals surface area contributed by atoms with E-state index in [0.717, 1.165) is 0 Å². The van der Waals surface area contributed by atoms with Gasteiger partial charge in [0.1, 0.15) is 11.3 Å². The van der Waals surface area contributed by atoms with E-state index in [1.165, 1.54) is 42.7 Å². The fourth-order valence-electron chi connectivity index (χ4n) is 3.60. The lowest BCUT2D eigenvalue weighted by Crippen LogP contribution is -2.50. The fraction of sp³-hybridized carbons (Fsp3) is 0.261. The van der Waals surface area contributed by atoms with E-state index in [9.17, 15) is 24.6 Å². The second kappa shape index (κ2) is 8.48. The summed E-state index contributed by atoms with van der Waals surface area (Å²) in [7, 11) is 0. The molecule has 168 valence electrons. The first-order chi connectivity index (χ1) is 14.8. The molecule has 1 heterocycles. The van der Waals surface area contributed by atoms with Gasteiger partial charge in [-0.3, -0.25) is 14.2 Å². The molecule has 32 heavy (non-hydrogen) atoms. The van der Waals surface area contributed by atoms with Gasteiger partial charge in [0.05, 0.1) is 21.5 Å². The number of aromatic nitrogens is 1. The van der Waals surface area contributed by atoms with Gasteiger partial charge in [0.15, 0.2) is 0 Å². The third kappa shape index (κ3) is 4.18. The van der Waals surface area contributed by atoms with E-state index in [2.05, 4.69) is 5.32 Å². The normalized spacial score (nSPS) is 12.6. The highest BCUT2D eigenvalue weighted by atomic mass is 35.5. The molecule has 0 bridgehead atoms. The van der Waals surface area contributed by atoms with Crippen molar-refractivity contribution in [3.8, 4) is 5.75 Å². The summed E-state index contributed by atoms with van der Waals surface area (Å²) in [5.74, 6) is -2.92. The molecule has 0 fully saturated rings. The van der Waals surface area contributed by atoms with Crippen molar-refractivity contribution < 1.29 is 24.6 Å². The van der Waals surface area contributed by atoms with Gasteiger partial charge >= 0.3 is 5.97 Å². The SMILES string of the molecule is Cc1c(C(C)C(=O)NC(C)(C)C(=O)O)c2cc(O)ccc2n1C(=O)c1ccc(Cl)c(Cl)c1. The lowest BCUT2D eigenvalue weighted by molar-refractivity contribution is -0.146. The van der Waals surface area contributed by atoms with E-state index in [1.54, 1.807) is 26.0 Å². The number of amides is 1. The number of carboxylic acids is 1. The summed E-state index contributed by atoms with van der Waals surface area (Å²) in [6.07, 6.45) is 0. The van der Waals surface area contributed by atoms with Crippen molar-refractivity contribution in [2.45, 2.75) is 39.2 Å². The second-order valence-corrected chi connectivity index (χ2v) is 8.93. The van der Waals surface area contributed by atoms with Crippen molar-refractivity contribution in [2.75, 3.05) is 0 Å². The number of benzene rings is 2. The Bertz CT molecular complexity index is 1260. The number of phenols is 1. The number of carboxylic acid groups (broad SMARTS) is 1. The number of aromatic hydroxyl groups is 1. The van der Waals surface area contributed by atoms with E-state index in [1.807, 2.05) is 0 Å². The number of nitrogens with zero attached hydrogens (tertiary/aromatic N) is 1. The standard InChI is InChI=1S/C23H22Cl2N2O5/c1-11(20(29)26-23(3,4)22(31)32)19-12(2)27(18-8-6-14(28)10-15(18)19)21(30)13-5-7-16(24)17(25)9-13/h5-11,28H,1-4H3,(H,26,29)(H,31,32). The Morgan fingerprint density at radius 2 is 1.72 bits per heavy atom. The molecule has 0 saturated heterocycles. The smallest absolute Gasteiger partial charge is 0.328 e. The van der Waals surface area contributed by atoms with Crippen molar-refractivity contribution >= 4 is 51.9 Å². The van der Waals surface area contributed by atoms with Crippen LogP contribution in [0.3, 0.4) is 0 Å². The number of hydrogen-bond acceptors (Lipinski definition) is 4. The fourth-order valence-corrected chi connectivity index (χ4v) is 3.90. The van der Waals surface area contributed by atoms with Crippen molar-refractivity contribution in [1.82, 2.24) is 9.88 Å². The predicted octanol–water partition coefficient (Wildman–Crippen LogP) is 4.73. The molecule has 2 aromatic carbocycles. The Labute approximate surface area is 194 Å². The molecular weight excluding hydrogens is 455 g/mol. The van der Waals surface area contributed by atoms with Crippen LogP contribution in [0, 0.1) is 6.92 Å². The minimum Gasteiger partial charge on any atom is -0.508 e. The molecule has 0 aliphatic carbocycles. The Morgan fingerprint density at radius 3 is 2.31 bits per heavy atom. The molecule has 1 unspecified atom stereocenters. The lowest BCUT2D eigenvalue weighted by atomic mass is 9.95. The van der Waals surface area contributed by atoms with Crippen LogP contribution in [0.1, 0.15) is 48.3 Å². The van der Waals surface area contributed by atoms with E-state index >= 15 is 0 Å². The van der Waals surface area contributed by atoms with Crippen LogP contribution in [0.25, 0.3) is 10.9 Å². The number of fused-ring (bicyclic) bond motifs is 1. The van der Waals surface area contributed by atoms with Crippen molar-refractivity contribution in [3.05, 3.63) is 63.3 Å². The van der Waals surface area contributed by atoms with Crippen molar-refractivity contribution in [2.24, 2.45) is 0 Å². The summed E-state index contributed by atoms with van der Waals surface area (Å²) in [6.45, 7) is 6.08. The maximum atomic E-state index is 13.4. The van der Waals surface area contributed by atoms with Gasteiger partial charge in [0, 0.05) is 16.6 Å². The topological polar surface area (TPSA) is 109 Å². The highest BCUT2D eigenvalue weighted by Gasteiger charge is 2.33. The lowest BCUT2D eigenvalue weighted by Gasteiger charge is -2.23. The largest absolute Gasteiger partial charge is 0.508 e. The number of halogens is 2. The first-order valence-corrected chi connectivity index (χ1v) is 10.5. The third-order valence-electron chi connectivity index (χ3n) is 5.40. The molecule has 1 atom stereocenters. The molecule has 9 heteroatoms. The van der Waals surface area contributed by atoms with E-state index in [0.29, 0.717) is 32.7 Å². The third-order valence-corrected chi connectivity index (χ3v) is 6.14. The van der Waals surface area contributed by atoms with Gasteiger partial charge in [-0.1, -0.05) is 23.2 Å². The van der Waals surface area contributed by atoms with Gasteiger partial charge in [-0.05, 0) is 69.7 Å². The van der Waals surface area contributed by atoms with Gasteiger partial charge in [0.2, 0.25) is 5.91 Å². The average Bonchev–Trinajstić information content (AvgIpc) is 2.99. The van der Waals surface area contributed by atoms with Gasteiger partial charge in [-0.25, -0.2) is 4.79 Å². The molecular formula is C23H22Cl2N2O5. The summed E-state index contributed by atoms with van der Waals surface area (Å²) in [5, 5.41) is 23.0. The van der Waals surface area contributed by atoms with Gasteiger partial charge < -0.3 is 15.5 Å². The Hall–Kier alpha value is -3.03. The van der Waals surface area contributed by atoms with Crippen LogP contribution in [-0.4, -0.2) is 38.1 Å². The zero-order valence-electron chi connectivity index (χ0n) is 17.9. The Kier molecular flexibility index (Phi) is 6.26. The maximum absolute atomic E-state index is 13.4. The average molecular weight is 477 g/mol. The molecule has 1 amide bonds. The van der Waals surface area contributed by atoms with E-state index < -0.39 is 23.3 Å². The Balaban J connectivity index is 2.16. The van der Waals surface area contributed by atoms with Gasteiger partial charge in [0.25, 0.3) is 5.91 Å². The molecule has 0 spiro atoms. The number of hydrogen-bond donors (Lipinski definition) is 3. The van der Waals surface area contributed by atoms with Crippen LogP contribution in [0.5, 0.6) is 5.75 Å². The summed E-state index contributed by atoms with van der Waals surface area (Å²) < 4.78 is 1.44. The summed E-state index contributed by atoms with van der Waals surface area (Å²) in [4.78, 5) is 37.7. The van der Waals surface area contributed by atoms with Gasteiger partial charge in [-0.2, -0.15) is 0 Å². The van der Waals surface area contributed by atoms with Crippen LogP contribution in [0.4, 0.5) is 0 Å². The molecule has 1 aromatic heterocycles. The number of phenolic OH excluding ortho intramolecular Hbond substituents is 1. The molecule has 0 saturated carbocycles. The molecule has 3 N–H and O–H groups in total. The monoisotopic (exact) mass is 476 g/mol. The zero-order chi connectivity index (χ0) is 24.0. The summed E-state index contributed by atoms with van der Waals surface area (Å²) >= 11 is 12.0. The number of aliphatic carboxylic acids is 1. The first kappa shape index (κ1) is 23.6. The molecule has 0 radical (unpaired) electrons. The number of nitrogens with one attached hydrogen (secondary N) is 1. The number of rotatable bonds is 5. The van der Waals surface area contributed by atoms with Crippen LogP contribution in [0.15, 0.2) is 36.4 Å². The molecule has 7 nitrogen and oxygen atoms in total. The van der Waals surface area contributed by atoms with Crippen molar-refractivity contribution in [1.29, 1.82) is 0 Å². The highest BCUT2D eigenvalue weighted by Crippen LogP contribution is 2.35. The minimum absolute atomic E-state index is 0.0311. The first-order valence-electron chi connectivity index (χ1n) is 9.74. The minimum atomic E-state index is -1.48. The molecule has 0 aliphatic heterocycles. The highest BCUT2D eigenvalue weighted by molar-refractivity contribution is 6.42. The van der Waals surface area contributed by atoms with Crippen LogP contribution in [-0.2, 0) is 9.59 Å². The van der Waals surface area contributed by atoms with Gasteiger partial charge in [-0.15, -0.1) is 0 Å². The Morgan fingerprint density at radius 1 is 1.06 bits per heavy atom. The van der Waals surface area contributed by atoms with Crippen LogP contribution < -0.4 is 5.32 Å². The van der Waals surface area contributed by atoms with E-state index in [4.69, 9.17) is 23.2 Å². The summed E-state index contributed by atoms with van der Waals surface area (Å²) in [5.41, 5.74) is 0.294. The molecule has 0 aliphatic rings. The maximum Gasteiger partial charge on any atom is 0.328 e. The summed E-state index contributed by atoms with van der Waals surface area (Å²) in [6, 6.07) is 9.04. The van der Waals surface area contributed by atoms with E-state index in [-0.39, 0.29) is 16.7 Å². The quantitative estimate of drug-likeness (QED) is 0.492. The zero-order valence-corrected chi connectivity index (χ0v) is 19.4. The number of carbonyl (C=O) groups excluding carboxylic acids is 2. The molecule has 3 aromatic rings. The number of carbonyl (C=O) groups is 3. The van der Waals surface area contributed by atoms with Crippen LogP contribution >= 0.6 is 23.2 Å². The molecule has 3 rings (SSSR count). The predicted molar refractivity (Wildman–Crippen MR) is 123 cm³/mol.